The summed E-state index contributed by atoms with van der Waals surface area (Å²) in [6.45, 7) is 5.30. The lowest BCUT2D eigenvalue weighted by molar-refractivity contribution is 0.0934. The lowest BCUT2D eigenvalue weighted by Gasteiger charge is -2.14. The first-order chi connectivity index (χ1) is 9.36. The molecule has 20 heavy (non-hydrogen) atoms. The third kappa shape index (κ3) is 3.19. The number of hydrogen-bond donors (Lipinski definition) is 1. The van der Waals surface area contributed by atoms with Crippen molar-refractivity contribution in [1.82, 2.24) is 10.3 Å². The van der Waals surface area contributed by atoms with Crippen LogP contribution in [-0.2, 0) is 0 Å². The third-order valence-electron chi connectivity index (χ3n) is 2.85. The number of thiazole rings is 1. The van der Waals surface area contributed by atoms with Crippen molar-refractivity contribution in [3.8, 4) is 0 Å². The second-order valence-electron chi connectivity index (χ2n) is 4.54. The fraction of sp³-hybridized carbons (Fsp3) is 0.286. The van der Waals surface area contributed by atoms with Gasteiger partial charge in [0, 0.05) is 10.9 Å². The summed E-state index contributed by atoms with van der Waals surface area (Å²) in [7, 11) is 0. The minimum Gasteiger partial charge on any atom is -0.344 e. The Balaban J connectivity index is 2.17. The SMILES string of the molecule is Cc1nc(C(=O)NC(C)c2cc(F)cc(F)c2)c(C)s1. The minimum absolute atomic E-state index is 0.344. The number of nitrogens with zero attached hydrogens (tertiary/aromatic N) is 1. The maximum absolute atomic E-state index is 13.2. The Morgan fingerprint density at radius 2 is 1.85 bits per heavy atom. The van der Waals surface area contributed by atoms with Crippen molar-refractivity contribution >= 4 is 17.2 Å². The third-order valence-corrected chi connectivity index (χ3v) is 3.74. The van der Waals surface area contributed by atoms with Crippen LogP contribution in [0.15, 0.2) is 18.2 Å². The smallest absolute Gasteiger partial charge is 0.271 e. The average Bonchev–Trinajstić information content (AvgIpc) is 2.67. The molecule has 0 saturated carbocycles. The lowest BCUT2D eigenvalue weighted by atomic mass is 10.1. The molecule has 6 heteroatoms. The zero-order chi connectivity index (χ0) is 14.9. The van der Waals surface area contributed by atoms with E-state index in [2.05, 4.69) is 10.3 Å². The fourth-order valence-corrected chi connectivity index (χ4v) is 2.73. The highest BCUT2D eigenvalue weighted by atomic mass is 32.1. The molecule has 0 bridgehead atoms. The van der Waals surface area contributed by atoms with Crippen LogP contribution < -0.4 is 5.32 Å². The van der Waals surface area contributed by atoms with E-state index >= 15 is 0 Å². The summed E-state index contributed by atoms with van der Waals surface area (Å²) < 4.78 is 26.3. The van der Waals surface area contributed by atoms with Gasteiger partial charge < -0.3 is 5.32 Å². The van der Waals surface area contributed by atoms with Gasteiger partial charge in [-0.15, -0.1) is 11.3 Å². The van der Waals surface area contributed by atoms with Crippen molar-refractivity contribution in [2.45, 2.75) is 26.8 Å². The molecule has 0 aliphatic heterocycles. The summed E-state index contributed by atoms with van der Waals surface area (Å²) in [5, 5.41) is 3.50. The van der Waals surface area contributed by atoms with Crippen LogP contribution in [0.4, 0.5) is 8.78 Å². The largest absolute Gasteiger partial charge is 0.344 e. The summed E-state index contributed by atoms with van der Waals surface area (Å²) in [4.78, 5) is 17.0. The van der Waals surface area contributed by atoms with Crippen molar-refractivity contribution in [3.63, 3.8) is 0 Å². The molecule has 0 spiro atoms. The minimum atomic E-state index is -0.665. The van der Waals surface area contributed by atoms with Crippen molar-refractivity contribution in [2.24, 2.45) is 0 Å². The molecule has 106 valence electrons. The zero-order valence-corrected chi connectivity index (χ0v) is 12.1. The summed E-state index contributed by atoms with van der Waals surface area (Å²) in [5.74, 6) is -1.67. The maximum Gasteiger partial charge on any atom is 0.271 e. The molecule has 2 rings (SSSR count). The molecule has 1 aromatic heterocycles. The van der Waals surface area contributed by atoms with Crippen LogP contribution in [0.25, 0.3) is 0 Å². The number of carbonyl (C=O) groups excluding carboxylic acids is 1. The van der Waals surface area contributed by atoms with Gasteiger partial charge in [0.25, 0.3) is 5.91 Å². The number of aryl methyl sites for hydroxylation is 2. The van der Waals surface area contributed by atoms with E-state index in [1.165, 1.54) is 23.5 Å². The molecule has 0 radical (unpaired) electrons. The number of amides is 1. The van der Waals surface area contributed by atoms with Crippen molar-refractivity contribution < 1.29 is 13.6 Å². The van der Waals surface area contributed by atoms with Gasteiger partial charge in [0.15, 0.2) is 0 Å². The van der Waals surface area contributed by atoms with Gasteiger partial charge in [-0.1, -0.05) is 0 Å². The highest BCUT2D eigenvalue weighted by Crippen LogP contribution is 2.19. The Morgan fingerprint density at radius 1 is 1.25 bits per heavy atom. The van der Waals surface area contributed by atoms with Crippen LogP contribution in [0.1, 0.15) is 38.9 Å². The standard InChI is InChI=1S/C14H14F2N2OS/c1-7(10-4-11(15)6-12(16)5-10)17-14(19)13-8(2)20-9(3)18-13/h4-7H,1-3H3,(H,17,19). The van der Waals surface area contributed by atoms with E-state index in [4.69, 9.17) is 0 Å². The van der Waals surface area contributed by atoms with Crippen LogP contribution in [0.3, 0.4) is 0 Å². The Labute approximate surface area is 119 Å². The molecule has 1 N–H and O–H groups in total. The zero-order valence-electron chi connectivity index (χ0n) is 11.3. The second kappa shape index (κ2) is 5.66. The molecule has 0 saturated heterocycles. The number of hydrogen-bond acceptors (Lipinski definition) is 3. The van der Waals surface area contributed by atoms with E-state index in [1.807, 2.05) is 13.8 Å². The van der Waals surface area contributed by atoms with Gasteiger partial charge >= 0.3 is 0 Å². The number of rotatable bonds is 3. The van der Waals surface area contributed by atoms with E-state index in [0.717, 1.165) is 16.0 Å². The summed E-state index contributed by atoms with van der Waals surface area (Å²) >= 11 is 1.43. The average molecular weight is 296 g/mol. The molecule has 2 aromatic rings. The fourth-order valence-electron chi connectivity index (χ4n) is 1.91. The monoisotopic (exact) mass is 296 g/mol. The van der Waals surface area contributed by atoms with Crippen LogP contribution in [-0.4, -0.2) is 10.9 Å². The molecule has 1 amide bonds. The number of aromatic nitrogens is 1. The number of halogens is 2. The Morgan fingerprint density at radius 3 is 2.35 bits per heavy atom. The van der Waals surface area contributed by atoms with E-state index in [1.54, 1.807) is 6.92 Å². The number of benzene rings is 1. The summed E-state index contributed by atoms with van der Waals surface area (Å²) in [5.41, 5.74) is 0.733. The Kier molecular flexibility index (Phi) is 4.13. The van der Waals surface area contributed by atoms with E-state index < -0.39 is 17.7 Å². The second-order valence-corrected chi connectivity index (χ2v) is 5.94. The lowest BCUT2D eigenvalue weighted by Crippen LogP contribution is -2.27. The molecule has 0 aliphatic carbocycles. The number of carbonyl (C=O) groups is 1. The van der Waals surface area contributed by atoms with Gasteiger partial charge in [0.2, 0.25) is 0 Å². The quantitative estimate of drug-likeness (QED) is 0.941. The topological polar surface area (TPSA) is 42.0 Å². The molecule has 3 nitrogen and oxygen atoms in total. The van der Waals surface area contributed by atoms with Gasteiger partial charge in [0.05, 0.1) is 11.0 Å². The van der Waals surface area contributed by atoms with Gasteiger partial charge in [-0.25, -0.2) is 13.8 Å². The van der Waals surface area contributed by atoms with E-state index in [9.17, 15) is 13.6 Å². The predicted molar refractivity (Wildman–Crippen MR) is 73.8 cm³/mol. The molecule has 1 unspecified atom stereocenters. The van der Waals surface area contributed by atoms with Gasteiger partial charge in [0.1, 0.15) is 17.3 Å². The first kappa shape index (κ1) is 14.6. The van der Waals surface area contributed by atoms with Crippen LogP contribution in [0.2, 0.25) is 0 Å². The number of nitrogens with one attached hydrogen (secondary N) is 1. The van der Waals surface area contributed by atoms with Gasteiger partial charge in [-0.3, -0.25) is 4.79 Å². The molecule has 1 heterocycles. The Bertz CT molecular complexity index is 634. The molecule has 0 aliphatic rings. The Hall–Kier alpha value is -1.82. The van der Waals surface area contributed by atoms with Gasteiger partial charge in [-0.2, -0.15) is 0 Å². The summed E-state index contributed by atoms with van der Waals surface area (Å²) in [6.07, 6.45) is 0. The first-order valence-corrected chi connectivity index (χ1v) is 6.89. The first-order valence-electron chi connectivity index (χ1n) is 6.07. The van der Waals surface area contributed by atoms with Crippen molar-refractivity contribution in [1.29, 1.82) is 0 Å². The maximum atomic E-state index is 13.2. The molecule has 1 atom stereocenters. The predicted octanol–water partition coefficient (Wildman–Crippen LogP) is 3.53. The molecule has 0 fully saturated rings. The van der Waals surface area contributed by atoms with E-state index in [-0.39, 0.29) is 5.91 Å². The van der Waals surface area contributed by atoms with Crippen LogP contribution in [0, 0.1) is 25.5 Å². The van der Waals surface area contributed by atoms with Crippen molar-refractivity contribution in [2.75, 3.05) is 0 Å². The molecule has 1 aromatic carbocycles. The highest BCUT2D eigenvalue weighted by molar-refractivity contribution is 7.11. The summed E-state index contributed by atoms with van der Waals surface area (Å²) in [6, 6.07) is 2.70. The molecular weight excluding hydrogens is 282 g/mol. The highest BCUT2D eigenvalue weighted by Gasteiger charge is 2.17. The van der Waals surface area contributed by atoms with Crippen molar-refractivity contribution in [3.05, 3.63) is 51.0 Å². The molecular formula is C14H14F2N2OS. The van der Waals surface area contributed by atoms with E-state index in [0.29, 0.717) is 11.3 Å². The van der Waals surface area contributed by atoms with Crippen LogP contribution in [0.5, 0.6) is 0 Å². The van der Waals surface area contributed by atoms with Crippen LogP contribution >= 0.6 is 11.3 Å². The normalized spacial score (nSPS) is 12.2. The van der Waals surface area contributed by atoms with Gasteiger partial charge in [-0.05, 0) is 38.5 Å².